The van der Waals surface area contributed by atoms with E-state index >= 15 is 0 Å². The second-order valence-corrected chi connectivity index (χ2v) is 8.93. The summed E-state index contributed by atoms with van der Waals surface area (Å²) < 4.78 is 15.6. The Labute approximate surface area is 195 Å². The minimum Gasteiger partial charge on any atom is -0.389 e. The maximum Gasteiger partial charge on any atom is 0.154 e. The van der Waals surface area contributed by atoms with Crippen LogP contribution in [-0.4, -0.2) is 61.6 Å². The van der Waals surface area contributed by atoms with Crippen LogP contribution in [0.15, 0.2) is 60.8 Å². The summed E-state index contributed by atoms with van der Waals surface area (Å²) in [5.41, 5.74) is 3.11. The standard InChI is InChI=1S/C25H25FN6O2/c26-17-5-1-4-16(12-17)19-7-3-11-31(19)25-10-9-23-27-13-20(32(23)29-25)18-6-2-8-24(28-18)30-14-21(33)22(34)15-30/h1-2,4-6,8-10,12-13,19,21-22,33-34H,3,7,11,14-15H2/t19?,21-,22-/m0/s1. The van der Waals surface area contributed by atoms with Gasteiger partial charge in [-0.2, -0.15) is 0 Å². The molecule has 2 N–H and O–H groups in total. The van der Waals surface area contributed by atoms with Crippen molar-refractivity contribution >= 4 is 17.3 Å². The Balaban J connectivity index is 1.35. The van der Waals surface area contributed by atoms with Gasteiger partial charge in [0, 0.05) is 19.6 Å². The third-order valence-electron chi connectivity index (χ3n) is 6.71. The Bertz CT molecular complexity index is 1330. The Kier molecular flexibility index (Phi) is 5.15. The van der Waals surface area contributed by atoms with Gasteiger partial charge >= 0.3 is 0 Å². The molecule has 1 aromatic carbocycles. The molecule has 2 saturated heterocycles. The van der Waals surface area contributed by atoms with Crippen molar-refractivity contribution in [2.45, 2.75) is 31.1 Å². The normalized spacial score (nSPS) is 22.7. The van der Waals surface area contributed by atoms with E-state index in [9.17, 15) is 14.6 Å². The highest BCUT2D eigenvalue weighted by Crippen LogP contribution is 2.35. The smallest absolute Gasteiger partial charge is 0.154 e. The number of fused-ring (bicyclic) bond motifs is 1. The number of aromatic nitrogens is 4. The van der Waals surface area contributed by atoms with Gasteiger partial charge in [-0.05, 0) is 54.8 Å². The molecule has 3 aromatic heterocycles. The predicted molar refractivity (Wildman–Crippen MR) is 126 cm³/mol. The summed E-state index contributed by atoms with van der Waals surface area (Å²) in [6.45, 7) is 1.52. The summed E-state index contributed by atoms with van der Waals surface area (Å²) in [6, 6.07) is 16.4. The average molecular weight is 461 g/mol. The number of rotatable bonds is 4. The first kappa shape index (κ1) is 21.0. The Morgan fingerprint density at radius 3 is 2.59 bits per heavy atom. The molecule has 6 rings (SSSR count). The molecule has 174 valence electrons. The van der Waals surface area contributed by atoms with Gasteiger partial charge in [-0.3, -0.25) is 0 Å². The SMILES string of the molecule is O[C@H]1CN(c2cccc(-c3cnc4ccc(N5CCCC5c5cccc(F)c5)nn34)n2)C[C@@H]1O. The van der Waals surface area contributed by atoms with Gasteiger partial charge in [-0.25, -0.2) is 18.9 Å². The molecule has 2 fully saturated rings. The summed E-state index contributed by atoms with van der Waals surface area (Å²) in [5, 5.41) is 24.7. The number of imidazole rings is 1. The fourth-order valence-electron chi connectivity index (χ4n) is 4.99. The fourth-order valence-corrected chi connectivity index (χ4v) is 4.99. The van der Waals surface area contributed by atoms with E-state index in [0.29, 0.717) is 30.2 Å². The van der Waals surface area contributed by atoms with E-state index in [-0.39, 0.29) is 11.9 Å². The lowest BCUT2D eigenvalue weighted by atomic mass is 10.0. The first-order chi connectivity index (χ1) is 16.6. The van der Waals surface area contributed by atoms with Crippen LogP contribution in [0.5, 0.6) is 0 Å². The summed E-state index contributed by atoms with van der Waals surface area (Å²) in [5.74, 6) is 1.26. The molecule has 0 aliphatic carbocycles. The number of anilines is 2. The zero-order valence-electron chi connectivity index (χ0n) is 18.5. The molecule has 1 unspecified atom stereocenters. The minimum atomic E-state index is -0.781. The van der Waals surface area contributed by atoms with E-state index in [1.165, 1.54) is 6.07 Å². The van der Waals surface area contributed by atoms with Gasteiger partial charge in [0.2, 0.25) is 0 Å². The van der Waals surface area contributed by atoms with Crippen molar-refractivity contribution in [3.63, 3.8) is 0 Å². The highest BCUT2D eigenvalue weighted by molar-refractivity contribution is 5.63. The van der Waals surface area contributed by atoms with Crippen LogP contribution in [0.1, 0.15) is 24.4 Å². The molecular weight excluding hydrogens is 435 g/mol. The van der Waals surface area contributed by atoms with Gasteiger partial charge in [-0.15, -0.1) is 5.10 Å². The van der Waals surface area contributed by atoms with E-state index in [1.54, 1.807) is 22.8 Å². The van der Waals surface area contributed by atoms with Gasteiger partial charge in [0.1, 0.15) is 23.1 Å². The lowest BCUT2D eigenvalue weighted by Crippen LogP contribution is -2.24. The van der Waals surface area contributed by atoms with Crippen LogP contribution in [0.4, 0.5) is 16.0 Å². The number of hydrogen-bond donors (Lipinski definition) is 2. The maximum absolute atomic E-state index is 13.9. The first-order valence-electron chi connectivity index (χ1n) is 11.5. The molecule has 0 saturated carbocycles. The van der Waals surface area contributed by atoms with Gasteiger partial charge < -0.3 is 20.0 Å². The van der Waals surface area contributed by atoms with Crippen molar-refractivity contribution in [1.82, 2.24) is 19.6 Å². The van der Waals surface area contributed by atoms with Crippen molar-refractivity contribution in [3.05, 3.63) is 72.2 Å². The Morgan fingerprint density at radius 2 is 1.76 bits per heavy atom. The summed E-state index contributed by atoms with van der Waals surface area (Å²) in [6.07, 6.45) is 2.14. The van der Waals surface area contributed by atoms with Gasteiger partial charge in [-0.1, -0.05) is 18.2 Å². The lowest BCUT2D eigenvalue weighted by Gasteiger charge is -2.26. The number of hydrogen-bond acceptors (Lipinski definition) is 7. The number of halogens is 1. The van der Waals surface area contributed by atoms with Crippen LogP contribution in [-0.2, 0) is 0 Å². The molecule has 2 aliphatic heterocycles. The van der Waals surface area contributed by atoms with Crippen LogP contribution >= 0.6 is 0 Å². The molecular formula is C25H25FN6O2. The second-order valence-electron chi connectivity index (χ2n) is 8.93. The van der Waals surface area contributed by atoms with E-state index in [4.69, 9.17) is 10.1 Å². The van der Waals surface area contributed by atoms with Crippen LogP contribution in [0.3, 0.4) is 0 Å². The van der Waals surface area contributed by atoms with E-state index in [2.05, 4.69) is 9.88 Å². The molecule has 4 aromatic rings. The third kappa shape index (κ3) is 3.66. The van der Waals surface area contributed by atoms with Crippen molar-refractivity contribution in [2.24, 2.45) is 0 Å². The first-order valence-corrected chi connectivity index (χ1v) is 11.5. The number of nitrogens with zero attached hydrogens (tertiary/aromatic N) is 6. The zero-order chi connectivity index (χ0) is 23.2. The third-order valence-corrected chi connectivity index (χ3v) is 6.71. The summed E-state index contributed by atoms with van der Waals surface area (Å²) >= 11 is 0. The molecule has 0 amide bonds. The minimum absolute atomic E-state index is 0.0714. The topological polar surface area (TPSA) is 90.0 Å². The average Bonchev–Trinajstić information content (AvgIpc) is 3.57. The quantitative estimate of drug-likeness (QED) is 0.484. The van der Waals surface area contributed by atoms with Crippen molar-refractivity contribution in [1.29, 1.82) is 0 Å². The number of aliphatic hydroxyl groups is 2. The van der Waals surface area contributed by atoms with E-state index < -0.39 is 12.2 Å². The van der Waals surface area contributed by atoms with Crippen LogP contribution in [0.25, 0.3) is 17.0 Å². The Hall–Kier alpha value is -3.56. The maximum atomic E-state index is 13.9. The van der Waals surface area contributed by atoms with Gasteiger partial charge in [0.05, 0.1) is 30.1 Å². The molecule has 8 nitrogen and oxygen atoms in total. The lowest BCUT2D eigenvalue weighted by molar-refractivity contribution is 0.0572. The zero-order valence-corrected chi connectivity index (χ0v) is 18.5. The van der Waals surface area contributed by atoms with Crippen molar-refractivity contribution < 1.29 is 14.6 Å². The number of benzene rings is 1. The number of aliphatic hydroxyl groups excluding tert-OH is 2. The van der Waals surface area contributed by atoms with Gasteiger partial charge in [0.25, 0.3) is 0 Å². The molecule has 34 heavy (non-hydrogen) atoms. The van der Waals surface area contributed by atoms with Crippen molar-refractivity contribution in [3.8, 4) is 11.4 Å². The summed E-state index contributed by atoms with van der Waals surface area (Å²) in [4.78, 5) is 13.4. The highest BCUT2D eigenvalue weighted by atomic mass is 19.1. The molecule has 5 heterocycles. The largest absolute Gasteiger partial charge is 0.389 e. The molecule has 3 atom stereocenters. The molecule has 0 bridgehead atoms. The predicted octanol–water partition coefficient (Wildman–Crippen LogP) is 2.81. The van der Waals surface area contributed by atoms with Gasteiger partial charge in [0.15, 0.2) is 5.65 Å². The highest BCUT2D eigenvalue weighted by Gasteiger charge is 2.31. The fraction of sp³-hybridized carbons (Fsp3) is 0.320. The second kappa shape index (κ2) is 8.34. The molecule has 9 heteroatoms. The van der Waals surface area contributed by atoms with Crippen LogP contribution in [0, 0.1) is 5.82 Å². The van der Waals surface area contributed by atoms with Crippen LogP contribution in [0.2, 0.25) is 0 Å². The summed E-state index contributed by atoms with van der Waals surface area (Å²) in [7, 11) is 0. The van der Waals surface area contributed by atoms with E-state index in [1.807, 2.05) is 41.3 Å². The monoisotopic (exact) mass is 460 g/mol. The molecule has 0 spiro atoms. The molecule has 0 radical (unpaired) electrons. The number of pyridine rings is 1. The Morgan fingerprint density at radius 1 is 0.941 bits per heavy atom. The van der Waals surface area contributed by atoms with Crippen LogP contribution < -0.4 is 9.80 Å². The number of β-amino-alcohol motifs (C(OH)–C–C–N with tert-alkyl or cyclic N) is 2. The molecule has 2 aliphatic rings. The van der Waals surface area contributed by atoms with E-state index in [0.717, 1.165) is 36.5 Å². The van der Waals surface area contributed by atoms with Crippen molar-refractivity contribution in [2.75, 3.05) is 29.4 Å².